The number of benzene rings is 2. The van der Waals surface area contributed by atoms with Gasteiger partial charge in [-0.05, 0) is 55.8 Å². The summed E-state index contributed by atoms with van der Waals surface area (Å²) in [7, 11) is -3.65. The molecule has 2 aromatic carbocycles. The zero-order chi connectivity index (χ0) is 20.1. The van der Waals surface area contributed by atoms with Crippen LogP contribution in [-0.2, 0) is 19.8 Å². The van der Waals surface area contributed by atoms with Gasteiger partial charge in [0.2, 0.25) is 0 Å². The highest BCUT2D eigenvalue weighted by Crippen LogP contribution is 2.60. The van der Waals surface area contributed by atoms with Crippen LogP contribution < -0.4 is 5.32 Å². The molecule has 0 aromatic heterocycles. The molecule has 4 nitrogen and oxygen atoms in total. The van der Waals surface area contributed by atoms with Crippen molar-refractivity contribution in [2.45, 2.75) is 25.8 Å². The number of hydrogen-bond acceptors (Lipinski definition) is 4. The van der Waals surface area contributed by atoms with Crippen LogP contribution in [0.2, 0.25) is 5.02 Å². The van der Waals surface area contributed by atoms with E-state index in [4.69, 9.17) is 20.6 Å². The van der Waals surface area contributed by atoms with Crippen molar-refractivity contribution < 1.29 is 26.8 Å². The zero-order valence-electron chi connectivity index (χ0n) is 14.8. The molecule has 0 heterocycles. The second-order valence-corrected chi connectivity index (χ2v) is 8.10. The Morgan fingerprint density at radius 3 is 1.96 bits per heavy atom. The van der Waals surface area contributed by atoms with Gasteiger partial charge in [0.1, 0.15) is 0 Å². The molecule has 9 heteroatoms. The maximum absolute atomic E-state index is 13.3. The minimum Gasteiger partial charge on any atom is -0.368 e. The molecule has 0 aliphatic carbocycles. The summed E-state index contributed by atoms with van der Waals surface area (Å²) in [4.78, 5) is 0. The first-order valence-corrected chi connectivity index (χ1v) is 10.3. The summed E-state index contributed by atoms with van der Waals surface area (Å²) in [6, 6.07) is 11.0. The summed E-state index contributed by atoms with van der Waals surface area (Å²) < 4.78 is 62.4. The van der Waals surface area contributed by atoms with Crippen LogP contribution in [0.5, 0.6) is 0 Å². The molecule has 2 rings (SSSR count). The molecule has 0 aliphatic heterocycles. The molecule has 0 radical (unpaired) electrons. The highest BCUT2D eigenvalue weighted by molar-refractivity contribution is 7.54. The van der Waals surface area contributed by atoms with E-state index in [-0.39, 0.29) is 13.2 Å². The normalized spacial score (nSPS) is 13.4. The Hall–Kier alpha value is -1.53. The molecule has 0 aliphatic rings. The molecule has 1 atom stereocenters. The molecule has 2 aromatic rings. The molecule has 0 amide bonds. The van der Waals surface area contributed by atoms with E-state index in [2.05, 4.69) is 5.32 Å². The van der Waals surface area contributed by atoms with Gasteiger partial charge in [-0.15, -0.1) is 0 Å². The van der Waals surface area contributed by atoms with E-state index in [1.807, 2.05) is 0 Å². The van der Waals surface area contributed by atoms with Crippen molar-refractivity contribution >= 4 is 24.9 Å². The third-order valence-corrected chi connectivity index (χ3v) is 6.18. The van der Waals surface area contributed by atoms with Crippen LogP contribution in [0.4, 0.5) is 18.9 Å². The minimum atomic E-state index is -4.43. The molecule has 0 fully saturated rings. The number of nitrogens with one attached hydrogen (secondary N) is 1. The smallest absolute Gasteiger partial charge is 0.368 e. The Bertz CT molecular complexity index is 772. The number of hydrogen-bond donors (Lipinski definition) is 1. The van der Waals surface area contributed by atoms with Gasteiger partial charge >= 0.3 is 13.8 Å². The first-order valence-electron chi connectivity index (χ1n) is 8.27. The lowest BCUT2D eigenvalue weighted by Gasteiger charge is -2.28. The van der Waals surface area contributed by atoms with Crippen LogP contribution in [0, 0.1) is 0 Å². The minimum absolute atomic E-state index is 0.149. The van der Waals surface area contributed by atoms with E-state index in [0.717, 1.165) is 12.1 Å². The van der Waals surface area contributed by atoms with E-state index < -0.39 is 25.1 Å². The Kier molecular flexibility index (Phi) is 7.34. The summed E-state index contributed by atoms with van der Waals surface area (Å²) >= 11 is 5.91. The zero-order valence-corrected chi connectivity index (χ0v) is 16.4. The van der Waals surface area contributed by atoms with E-state index in [1.165, 1.54) is 12.1 Å². The van der Waals surface area contributed by atoms with Crippen LogP contribution in [0.1, 0.15) is 30.8 Å². The topological polar surface area (TPSA) is 47.6 Å². The molecule has 1 N–H and O–H groups in total. The third-order valence-electron chi connectivity index (χ3n) is 3.64. The summed E-state index contributed by atoms with van der Waals surface area (Å²) in [5.41, 5.74) is 0.154. The van der Waals surface area contributed by atoms with Crippen LogP contribution in [0.25, 0.3) is 0 Å². The molecule has 148 valence electrons. The van der Waals surface area contributed by atoms with Gasteiger partial charge in [0.25, 0.3) is 0 Å². The summed E-state index contributed by atoms with van der Waals surface area (Å²) in [5, 5.41) is 3.48. The van der Waals surface area contributed by atoms with Crippen molar-refractivity contribution in [2.75, 3.05) is 18.5 Å². The highest BCUT2D eigenvalue weighted by Gasteiger charge is 2.37. The number of alkyl halides is 3. The molecular weight excluding hydrogens is 402 g/mol. The van der Waals surface area contributed by atoms with Gasteiger partial charge in [-0.3, -0.25) is 4.57 Å². The van der Waals surface area contributed by atoms with Gasteiger partial charge in [-0.1, -0.05) is 23.7 Å². The first-order chi connectivity index (χ1) is 12.7. The molecule has 0 saturated heterocycles. The molecule has 0 bridgehead atoms. The lowest BCUT2D eigenvalue weighted by molar-refractivity contribution is -0.137. The van der Waals surface area contributed by atoms with Gasteiger partial charge in [0.15, 0.2) is 5.78 Å². The van der Waals surface area contributed by atoms with Crippen molar-refractivity contribution in [3.05, 3.63) is 64.7 Å². The monoisotopic (exact) mass is 421 g/mol. The molecule has 0 saturated carbocycles. The Morgan fingerprint density at radius 2 is 1.52 bits per heavy atom. The largest absolute Gasteiger partial charge is 0.416 e. The van der Waals surface area contributed by atoms with Crippen molar-refractivity contribution in [3.63, 3.8) is 0 Å². The maximum Gasteiger partial charge on any atom is 0.416 e. The first kappa shape index (κ1) is 21.8. The van der Waals surface area contributed by atoms with E-state index in [0.29, 0.717) is 16.3 Å². The van der Waals surface area contributed by atoms with Crippen molar-refractivity contribution in [3.8, 4) is 0 Å². The fourth-order valence-corrected chi connectivity index (χ4v) is 4.51. The van der Waals surface area contributed by atoms with Crippen LogP contribution in [-0.4, -0.2) is 13.2 Å². The summed E-state index contributed by atoms with van der Waals surface area (Å²) in [5.74, 6) is -0.911. The fourth-order valence-electron chi connectivity index (χ4n) is 2.45. The number of anilines is 1. The van der Waals surface area contributed by atoms with Crippen LogP contribution >= 0.6 is 19.2 Å². The summed E-state index contributed by atoms with van der Waals surface area (Å²) in [6.45, 7) is 3.66. The van der Waals surface area contributed by atoms with Gasteiger partial charge in [0.05, 0.1) is 18.8 Å². The van der Waals surface area contributed by atoms with Crippen molar-refractivity contribution in [1.29, 1.82) is 0 Å². The molecule has 0 spiro atoms. The SMILES string of the molecule is CCOP(=O)(OCC)C(Nc1ccc(C(F)(F)F)cc1)c1ccc(Cl)cc1. The third kappa shape index (κ3) is 5.72. The quantitative estimate of drug-likeness (QED) is 0.480. The maximum atomic E-state index is 13.3. The van der Waals surface area contributed by atoms with E-state index in [1.54, 1.807) is 38.1 Å². The molecule has 1 unspecified atom stereocenters. The Morgan fingerprint density at radius 1 is 1.00 bits per heavy atom. The van der Waals surface area contributed by atoms with Crippen LogP contribution in [0.15, 0.2) is 48.5 Å². The van der Waals surface area contributed by atoms with E-state index >= 15 is 0 Å². The van der Waals surface area contributed by atoms with Crippen molar-refractivity contribution in [2.24, 2.45) is 0 Å². The predicted octanol–water partition coefficient (Wildman–Crippen LogP) is 6.74. The van der Waals surface area contributed by atoms with Gasteiger partial charge in [-0.2, -0.15) is 13.2 Å². The molecular formula is C18H20ClF3NO3P. The predicted molar refractivity (Wildman–Crippen MR) is 100 cm³/mol. The second kappa shape index (κ2) is 9.11. The van der Waals surface area contributed by atoms with E-state index in [9.17, 15) is 17.7 Å². The number of halogens is 4. The molecule has 27 heavy (non-hydrogen) atoms. The highest BCUT2D eigenvalue weighted by atomic mass is 35.5. The average molecular weight is 422 g/mol. The standard InChI is InChI=1S/C18H20ClF3NO3P/c1-3-25-27(24,26-4-2)17(13-5-9-15(19)10-6-13)23-16-11-7-14(8-12-16)18(20,21)22/h5-12,17,23H,3-4H2,1-2H3. The average Bonchev–Trinajstić information content (AvgIpc) is 2.60. The van der Waals surface area contributed by atoms with Gasteiger partial charge in [0, 0.05) is 10.7 Å². The van der Waals surface area contributed by atoms with Gasteiger partial charge in [-0.25, -0.2) is 0 Å². The second-order valence-electron chi connectivity index (χ2n) is 5.55. The fraction of sp³-hybridized carbons (Fsp3) is 0.333. The van der Waals surface area contributed by atoms with Crippen LogP contribution in [0.3, 0.4) is 0 Å². The Balaban J connectivity index is 2.40. The lowest BCUT2D eigenvalue weighted by Crippen LogP contribution is -2.15. The number of rotatable bonds is 8. The summed E-state index contributed by atoms with van der Waals surface area (Å²) in [6.07, 6.45) is -4.43. The van der Waals surface area contributed by atoms with Gasteiger partial charge < -0.3 is 14.4 Å². The lowest BCUT2D eigenvalue weighted by atomic mass is 10.2. The Labute approximate surface area is 161 Å². The van der Waals surface area contributed by atoms with Crippen molar-refractivity contribution in [1.82, 2.24) is 0 Å².